The fraction of sp³-hybridized carbons (Fsp3) is 0.278. The Labute approximate surface area is 167 Å². The maximum Gasteiger partial charge on any atom is 0.265 e. The van der Waals surface area contributed by atoms with E-state index in [1.807, 2.05) is 6.07 Å². The van der Waals surface area contributed by atoms with Crippen LogP contribution in [0.5, 0.6) is 0 Å². The van der Waals surface area contributed by atoms with E-state index < -0.39 is 15.6 Å². The molecule has 2 aromatic rings. The number of amides is 1. The van der Waals surface area contributed by atoms with Crippen LogP contribution in [-0.2, 0) is 15.6 Å². The number of carbonyl (C=O) groups excluding carboxylic acids is 1. The average Bonchev–Trinajstić information content (AvgIpc) is 3.02. The van der Waals surface area contributed by atoms with Gasteiger partial charge in [0.15, 0.2) is 0 Å². The van der Waals surface area contributed by atoms with Crippen molar-refractivity contribution in [1.82, 2.24) is 4.31 Å². The number of guanidine groups is 1. The monoisotopic (exact) mass is 417 g/mol. The van der Waals surface area contributed by atoms with Gasteiger partial charge in [0.2, 0.25) is 16.0 Å². The Morgan fingerprint density at radius 1 is 1.43 bits per heavy atom. The molecular formula is C18H19N5O3S2. The van der Waals surface area contributed by atoms with E-state index in [2.05, 4.69) is 10.3 Å². The molecule has 0 fully saturated rings. The lowest BCUT2D eigenvalue weighted by molar-refractivity contribution is 0.103. The van der Waals surface area contributed by atoms with Gasteiger partial charge in [0.1, 0.15) is 5.54 Å². The lowest BCUT2D eigenvalue weighted by Crippen LogP contribution is -2.50. The molecule has 10 heteroatoms. The largest absolute Gasteiger partial charge is 0.369 e. The minimum atomic E-state index is -3.60. The van der Waals surface area contributed by atoms with Crippen molar-refractivity contribution in [3.63, 3.8) is 0 Å². The molecule has 1 atom stereocenters. The molecule has 1 amide bonds. The van der Waals surface area contributed by atoms with Gasteiger partial charge >= 0.3 is 0 Å². The van der Waals surface area contributed by atoms with Crippen LogP contribution in [0, 0.1) is 18.3 Å². The van der Waals surface area contributed by atoms with Gasteiger partial charge in [-0.25, -0.2) is 17.7 Å². The number of nitrogens with two attached hydrogens (primary N) is 1. The van der Waals surface area contributed by atoms with E-state index in [0.717, 1.165) is 9.87 Å². The number of rotatable bonds is 3. The Balaban J connectivity index is 1.93. The minimum absolute atomic E-state index is 0.0825. The second-order valence-corrected chi connectivity index (χ2v) is 9.79. The molecule has 3 N–H and O–H groups in total. The van der Waals surface area contributed by atoms with Gasteiger partial charge in [-0.1, -0.05) is 6.07 Å². The predicted molar refractivity (Wildman–Crippen MR) is 109 cm³/mol. The smallest absolute Gasteiger partial charge is 0.265 e. The van der Waals surface area contributed by atoms with Crippen molar-refractivity contribution in [2.24, 2.45) is 10.7 Å². The number of anilines is 1. The molecule has 0 saturated heterocycles. The van der Waals surface area contributed by atoms with Crippen LogP contribution >= 0.6 is 11.3 Å². The molecule has 1 aromatic heterocycles. The van der Waals surface area contributed by atoms with Gasteiger partial charge in [0.05, 0.1) is 22.3 Å². The van der Waals surface area contributed by atoms with Gasteiger partial charge in [-0.2, -0.15) is 5.26 Å². The van der Waals surface area contributed by atoms with Crippen molar-refractivity contribution in [3.05, 3.63) is 51.2 Å². The van der Waals surface area contributed by atoms with Gasteiger partial charge in [-0.3, -0.25) is 4.79 Å². The first-order chi connectivity index (χ1) is 13.1. The quantitative estimate of drug-likeness (QED) is 0.789. The third-order valence-corrected chi connectivity index (χ3v) is 7.88. The molecule has 0 aliphatic carbocycles. The zero-order chi connectivity index (χ0) is 20.7. The first kappa shape index (κ1) is 19.9. The van der Waals surface area contributed by atoms with Crippen LogP contribution in [0.2, 0.25) is 0 Å². The summed E-state index contributed by atoms with van der Waals surface area (Å²) >= 11 is 1.18. The lowest BCUT2D eigenvalue weighted by Gasteiger charge is -2.34. The second kappa shape index (κ2) is 6.92. The SMILES string of the molecule is Cc1cc(C(=O)Nc2cccc(C#N)c2)sc1[C@]1(C)CS(=O)(=O)N(C)C(N)=N1. The highest BCUT2D eigenvalue weighted by atomic mass is 32.2. The van der Waals surface area contributed by atoms with Gasteiger partial charge in [-0.05, 0) is 43.7 Å². The highest BCUT2D eigenvalue weighted by Gasteiger charge is 2.42. The summed E-state index contributed by atoms with van der Waals surface area (Å²) in [6.07, 6.45) is 0. The van der Waals surface area contributed by atoms with Crippen molar-refractivity contribution < 1.29 is 13.2 Å². The number of benzene rings is 1. The number of aliphatic imine (C=N–C) groups is 1. The first-order valence-electron chi connectivity index (χ1n) is 8.30. The van der Waals surface area contributed by atoms with E-state index in [1.165, 1.54) is 18.4 Å². The van der Waals surface area contributed by atoms with Crippen molar-refractivity contribution in [2.45, 2.75) is 19.4 Å². The summed E-state index contributed by atoms with van der Waals surface area (Å²) in [7, 11) is -2.23. The Bertz CT molecular complexity index is 1130. The third kappa shape index (κ3) is 3.58. The Hall–Kier alpha value is -2.90. The number of sulfonamides is 1. The average molecular weight is 418 g/mol. The van der Waals surface area contributed by atoms with Crippen LogP contribution in [0.1, 0.15) is 32.6 Å². The number of nitrogens with one attached hydrogen (secondary N) is 1. The molecule has 0 saturated carbocycles. The number of thiophene rings is 1. The van der Waals surface area contributed by atoms with E-state index in [1.54, 1.807) is 44.2 Å². The zero-order valence-electron chi connectivity index (χ0n) is 15.6. The van der Waals surface area contributed by atoms with E-state index in [4.69, 9.17) is 11.0 Å². The van der Waals surface area contributed by atoms with E-state index in [9.17, 15) is 13.2 Å². The summed E-state index contributed by atoms with van der Waals surface area (Å²) in [6.45, 7) is 3.50. The van der Waals surface area contributed by atoms with Gasteiger partial charge < -0.3 is 11.1 Å². The Morgan fingerprint density at radius 2 is 2.14 bits per heavy atom. The molecule has 146 valence electrons. The molecule has 0 unspecified atom stereocenters. The first-order valence-corrected chi connectivity index (χ1v) is 10.7. The van der Waals surface area contributed by atoms with Crippen molar-refractivity contribution in [3.8, 4) is 6.07 Å². The summed E-state index contributed by atoms with van der Waals surface area (Å²) in [6, 6.07) is 10.3. The van der Waals surface area contributed by atoms with Crippen LogP contribution < -0.4 is 11.1 Å². The molecule has 1 aliphatic rings. The number of nitriles is 1. The van der Waals surface area contributed by atoms with Crippen LogP contribution in [0.25, 0.3) is 0 Å². The van der Waals surface area contributed by atoms with Gasteiger partial charge in [0.25, 0.3) is 5.91 Å². The Kier molecular flexibility index (Phi) is 4.91. The maximum atomic E-state index is 12.6. The van der Waals surface area contributed by atoms with Crippen molar-refractivity contribution in [1.29, 1.82) is 5.26 Å². The summed E-state index contributed by atoms with van der Waals surface area (Å²) in [5, 5.41) is 11.7. The topological polar surface area (TPSA) is 129 Å². The lowest BCUT2D eigenvalue weighted by atomic mass is 10.0. The Morgan fingerprint density at radius 3 is 2.79 bits per heavy atom. The zero-order valence-corrected chi connectivity index (χ0v) is 17.2. The summed E-state index contributed by atoms with van der Waals surface area (Å²) in [5.41, 5.74) is 6.45. The number of hydrogen-bond donors (Lipinski definition) is 2. The molecule has 3 rings (SSSR count). The second-order valence-electron chi connectivity index (χ2n) is 6.74. The van der Waals surface area contributed by atoms with E-state index in [0.29, 0.717) is 21.0 Å². The molecule has 0 bridgehead atoms. The number of hydrogen-bond acceptors (Lipinski definition) is 7. The normalized spacial score (nSPS) is 20.9. The highest BCUT2D eigenvalue weighted by Crippen LogP contribution is 2.38. The molecular weight excluding hydrogens is 398 g/mol. The molecule has 2 heterocycles. The van der Waals surface area contributed by atoms with Crippen LogP contribution in [-0.4, -0.2) is 37.4 Å². The molecule has 0 spiro atoms. The summed E-state index contributed by atoms with van der Waals surface area (Å²) in [5.74, 6) is -0.657. The number of carbonyl (C=O) groups is 1. The molecule has 1 aliphatic heterocycles. The summed E-state index contributed by atoms with van der Waals surface area (Å²) < 4.78 is 25.8. The number of nitrogens with zero attached hydrogens (tertiary/aromatic N) is 3. The van der Waals surface area contributed by atoms with E-state index in [-0.39, 0.29) is 17.6 Å². The van der Waals surface area contributed by atoms with Gasteiger partial charge in [-0.15, -0.1) is 11.3 Å². The molecule has 1 aromatic carbocycles. The number of aryl methyl sites for hydroxylation is 1. The van der Waals surface area contributed by atoms with Crippen molar-refractivity contribution >= 4 is 38.9 Å². The molecule has 8 nitrogen and oxygen atoms in total. The third-order valence-electron chi connectivity index (χ3n) is 4.44. The predicted octanol–water partition coefficient (Wildman–Crippen LogP) is 1.99. The fourth-order valence-corrected chi connectivity index (χ4v) is 5.74. The van der Waals surface area contributed by atoms with Crippen molar-refractivity contribution in [2.75, 3.05) is 18.1 Å². The highest BCUT2D eigenvalue weighted by molar-refractivity contribution is 7.89. The van der Waals surface area contributed by atoms with Gasteiger partial charge in [0, 0.05) is 17.6 Å². The van der Waals surface area contributed by atoms with E-state index >= 15 is 0 Å². The minimum Gasteiger partial charge on any atom is -0.369 e. The van der Waals surface area contributed by atoms with Crippen LogP contribution in [0.3, 0.4) is 0 Å². The standard InChI is InChI=1S/C18H19N5O3S2/c1-11-7-14(16(24)21-13-6-4-5-12(8-13)9-19)27-15(11)18(2)10-28(25,26)23(3)17(20)22-18/h4-8H,10H2,1-3H3,(H2,20,22)(H,21,24)/t18-/m0/s1. The van der Waals surface area contributed by atoms with Crippen LogP contribution in [0.15, 0.2) is 35.3 Å². The summed E-state index contributed by atoms with van der Waals surface area (Å²) in [4.78, 5) is 18.1. The fourth-order valence-electron chi connectivity index (χ4n) is 3.05. The molecule has 28 heavy (non-hydrogen) atoms. The van der Waals surface area contributed by atoms with Crippen LogP contribution in [0.4, 0.5) is 5.69 Å². The maximum absolute atomic E-state index is 12.6. The molecule has 0 radical (unpaired) electrons.